The molecule has 1 unspecified atom stereocenters. The third-order valence-electron chi connectivity index (χ3n) is 2.88. The first-order valence-electron chi connectivity index (χ1n) is 6.25. The second kappa shape index (κ2) is 5.38. The number of nitrogens with two attached hydrogens (primary N) is 1. The number of hydrogen-bond acceptors (Lipinski definition) is 5. The van der Waals surface area contributed by atoms with Gasteiger partial charge in [0.05, 0.1) is 17.9 Å². The van der Waals surface area contributed by atoms with Crippen LogP contribution in [0.25, 0.3) is 5.82 Å². The minimum Gasteiger partial charge on any atom is -0.323 e. The number of carbonyl (C=O) groups excluding carboxylic acids is 1. The van der Waals surface area contributed by atoms with Crippen molar-refractivity contribution < 1.29 is 4.79 Å². The van der Waals surface area contributed by atoms with E-state index in [9.17, 15) is 4.79 Å². The average molecular weight is 274 g/mol. The summed E-state index contributed by atoms with van der Waals surface area (Å²) in [5, 5.41) is 6.72. The molecule has 0 saturated carbocycles. The van der Waals surface area contributed by atoms with Crippen molar-refractivity contribution >= 4 is 11.6 Å². The van der Waals surface area contributed by atoms with Crippen LogP contribution in [-0.2, 0) is 4.79 Å². The highest BCUT2D eigenvalue weighted by Crippen LogP contribution is 2.19. The number of hydrogen-bond donors (Lipinski definition) is 2. The van der Waals surface area contributed by atoms with Crippen molar-refractivity contribution in [3.8, 4) is 5.82 Å². The first kappa shape index (κ1) is 14.1. The molecule has 106 valence electrons. The average Bonchev–Trinajstić information content (AvgIpc) is 2.91. The van der Waals surface area contributed by atoms with Crippen molar-refractivity contribution in [1.82, 2.24) is 19.7 Å². The van der Waals surface area contributed by atoms with Gasteiger partial charge in [0, 0.05) is 0 Å². The zero-order valence-electron chi connectivity index (χ0n) is 11.7. The van der Waals surface area contributed by atoms with E-state index in [1.807, 2.05) is 20.8 Å². The lowest BCUT2D eigenvalue weighted by molar-refractivity contribution is -0.119. The van der Waals surface area contributed by atoms with Gasteiger partial charge in [0.2, 0.25) is 5.91 Å². The molecule has 0 aliphatic heterocycles. The Hall–Kier alpha value is -2.28. The normalized spacial score (nSPS) is 13.0. The first-order valence-corrected chi connectivity index (χ1v) is 6.25. The molecule has 2 aromatic rings. The van der Waals surface area contributed by atoms with Crippen LogP contribution >= 0.6 is 0 Å². The van der Waals surface area contributed by atoms with Crippen molar-refractivity contribution in [2.45, 2.75) is 26.8 Å². The Kier molecular flexibility index (Phi) is 3.80. The van der Waals surface area contributed by atoms with E-state index in [0.717, 1.165) is 0 Å². The number of anilines is 1. The topological polar surface area (TPSA) is 98.7 Å². The number of amides is 1. The monoisotopic (exact) mass is 274 g/mol. The van der Waals surface area contributed by atoms with Crippen LogP contribution in [0.1, 0.15) is 20.8 Å². The zero-order chi connectivity index (χ0) is 14.8. The molecule has 0 aromatic carbocycles. The lowest BCUT2D eigenvalue weighted by Crippen LogP contribution is -2.45. The summed E-state index contributed by atoms with van der Waals surface area (Å²) in [5.41, 5.74) is 6.20. The number of pyridine rings is 1. The molecule has 20 heavy (non-hydrogen) atoms. The number of rotatable bonds is 3. The minimum absolute atomic E-state index is 0.229. The largest absolute Gasteiger partial charge is 0.323 e. The fourth-order valence-corrected chi connectivity index (χ4v) is 1.54. The van der Waals surface area contributed by atoms with Crippen LogP contribution in [0.4, 0.5) is 5.69 Å². The summed E-state index contributed by atoms with van der Waals surface area (Å²) >= 11 is 0. The maximum absolute atomic E-state index is 12.0. The number of nitrogens with zero attached hydrogens (tertiary/aromatic N) is 4. The Bertz CT molecular complexity index is 570. The van der Waals surface area contributed by atoms with Gasteiger partial charge in [0.25, 0.3) is 0 Å². The Balaban J connectivity index is 2.06. The van der Waals surface area contributed by atoms with E-state index in [1.165, 1.54) is 11.0 Å². The van der Waals surface area contributed by atoms with E-state index >= 15 is 0 Å². The molecule has 0 aliphatic rings. The van der Waals surface area contributed by atoms with Gasteiger partial charge < -0.3 is 11.1 Å². The molecule has 2 aromatic heterocycles. The van der Waals surface area contributed by atoms with E-state index in [-0.39, 0.29) is 11.3 Å². The maximum atomic E-state index is 12.0. The molecule has 0 saturated heterocycles. The van der Waals surface area contributed by atoms with Crippen LogP contribution in [0, 0.1) is 5.41 Å². The van der Waals surface area contributed by atoms with E-state index in [1.54, 1.807) is 24.7 Å². The smallest absolute Gasteiger partial charge is 0.241 e. The quantitative estimate of drug-likeness (QED) is 0.869. The van der Waals surface area contributed by atoms with Gasteiger partial charge in [-0.1, -0.05) is 20.8 Å². The van der Waals surface area contributed by atoms with E-state index in [0.29, 0.717) is 11.5 Å². The predicted molar refractivity (Wildman–Crippen MR) is 75.2 cm³/mol. The van der Waals surface area contributed by atoms with Crippen LogP contribution in [0.5, 0.6) is 0 Å². The van der Waals surface area contributed by atoms with Crippen LogP contribution in [-0.4, -0.2) is 31.7 Å². The fourth-order valence-electron chi connectivity index (χ4n) is 1.54. The molecule has 1 atom stereocenters. The third kappa shape index (κ3) is 3.18. The standard InChI is InChI=1S/C13H18N6O/c1-13(2,3)11(14)12(20)18-9-4-5-10(16-6-9)19-8-15-7-17-19/h4-8,11H,14H2,1-3H3,(H,18,20). The van der Waals surface area contributed by atoms with Crippen molar-refractivity contribution in [3.05, 3.63) is 31.0 Å². The summed E-state index contributed by atoms with van der Waals surface area (Å²) in [6, 6.07) is 2.90. The number of carbonyl (C=O) groups is 1. The third-order valence-corrected chi connectivity index (χ3v) is 2.88. The van der Waals surface area contributed by atoms with Crippen LogP contribution in [0.15, 0.2) is 31.0 Å². The summed E-state index contributed by atoms with van der Waals surface area (Å²) in [7, 11) is 0. The molecule has 3 N–H and O–H groups in total. The Morgan fingerprint density at radius 3 is 2.65 bits per heavy atom. The second-order valence-corrected chi connectivity index (χ2v) is 5.58. The second-order valence-electron chi connectivity index (χ2n) is 5.58. The summed E-state index contributed by atoms with van der Waals surface area (Å²) in [4.78, 5) is 20.0. The molecule has 1 amide bonds. The predicted octanol–water partition coefficient (Wildman–Crippen LogP) is 0.974. The van der Waals surface area contributed by atoms with Gasteiger partial charge in [0.1, 0.15) is 12.7 Å². The van der Waals surface area contributed by atoms with E-state index < -0.39 is 6.04 Å². The van der Waals surface area contributed by atoms with Crippen LogP contribution in [0.3, 0.4) is 0 Å². The van der Waals surface area contributed by atoms with Crippen molar-refractivity contribution in [2.75, 3.05) is 5.32 Å². The molecule has 7 nitrogen and oxygen atoms in total. The zero-order valence-corrected chi connectivity index (χ0v) is 11.7. The molecule has 0 fully saturated rings. The molecule has 0 spiro atoms. The summed E-state index contributed by atoms with van der Waals surface area (Å²) < 4.78 is 1.53. The maximum Gasteiger partial charge on any atom is 0.241 e. The summed E-state index contributed by atoms with van der Waals surface area (Å²) in [5.74, 6) is 0.397. The lowest BCUT2D eigenvalue weighted by atomic mass is 9.87. The first-order chi connectivity index (χ1) is 9.38. The lowest BCUT2D eigenvalue weighted by Gasteiger charge is -2.25. The SMILES string of the molecule is CC(C)(C)C(N)C(=O)Nc1ccc(-n2cncn2)nc1. The molecular formula is C13H18N6O. The summed E-state index contributed by atoms with van der Waals surface area (Å²) in [6.45, 7) is 5.76. The van der Waals surface area contributed by atoms with Gasteiger partial charge in [-0.3, -0.25) is 4.79 Å². The van der Waals surface area contributed by atoms with Gasteiger partial charge in [-0.15, -0.1) is 0 Å². The molecule has 0 aliphatic carbocycles. The van der Waals surface area contributed by atoms with Crippen molar-refractivity contribution in [3.63, 3.8) is 0 Å². The molecule has 2 heterocycles. The van der Waals surface area contributed by atoms with Crippen LogP contribution < -0.4 is 11.1 Å². The van der Waals surface area contributed by atoms with E-state index in [2.05, 4.69) is 20.4 Å². The fraction of sp³-hybridized carbons (Fsp3) is 0.385. The van der Waals surface area contributed by atoms with Gasteiger partial charge in [-0.25, -0.2) is 14.6 Å². The van der Waals surface area contributed by atoms with Crippen molar-refractivity contribution in [2.24, 2.45) is 11.1 Å². The molecule has 0 radical (unpaired) electrons. The molecule has 7 heteroatoms. The van der Waals surface area contributed by atoms with Crippen molar-refractivity contribution in [1.29, 1.82) is 0 Å². The van der Waals surface area contributed by atoms with Gasteiger partial charge in [0.15, 0.2) is 5.82 Å². The van der Waals surface area contributed by atoms with Crippen LogP contribution in [0.2, 0.25) is 0 Å². The Labute approximate surface area is 117 Å². The Morgan fingerprint density at radius 2 is 2.15 bits per heavy atom. The highest BCUT2D eigenvalue weighted by atomic mass is 16.2. The van der Waals surface area contributed by atoms with Gasteiger partial charge in [-0.2, -0.15) is 5.10 Å². The number of nitrogens with one attached hydrogen (secondary N) is 1. The Morgan fingerprint density at radius 1 is 1.40 bits per heavy atom. The molecule has 2 rings (SSSR count). The highest BCUT2D eigenvalue weighted by Gasteiger charge is 2.27. The van der Waals surface area contributed by atoms with Gasteiger partial charge in [-0.05, 0) is 17.5 Å². The highest BCUT2D eigenvalue weighted by molar-refractivity contribution is 5.95. The van der Waals surface area contributed by atoms with E-state index in [4.69, 9.17) is 5.73 Å². The minimum atomic E-state index is -0.586. The molecular weight excluding hydrogens is 256 g/mol. The van der Waals surface area contributed by atoms with Gasteiger partial charge >= 0.3 is 0 Å². The molecule has 0 bridgehead atoms. The summed E-state index contributed by atoms with van der Waals surface area (Å²) in [6.07, 6.45) is 4.54. The number of aromatic nitrogens is 4.